The number of piperidine rings is 1. The molecule has 9 nitrogen and oxygen atoms in total. The van der Waals surface area contributed by atoms with E-state index in [2.05, 4.69) is 37.0 Å². The summed E-state index contributed by atoms with van der Waals surface area (Å²) in [5.41, 5.74) is 0.539. The molecule has 1 atom stereocenters. The zero-order valence-corrected chi connectivity index (χ0v) is 20.1. The molecule has 2 aromatic rings. The molecule has 2 aliphatic rings. The number of aryl methyl sites for hydroxylation is 1. The molecular formula is C22H35N7O2S. The summed E-state index contributed by atoms with van der Waals surface area (Å²) in [4.78, 5) is 37.1. The van der Waals surface area contributed by atoms with Crippen LogP contribution in [-0.2, 0) is 4.79 Å². The lowest BCUT2D eigenvalue weighted by Crippen LogP contribution is -2.47. The second-order valence-corrected chi connectivity index (χ2v) is 9.86. The number of carbonyl (C=O) groups is 1. The molecule has 2 aliphatic heterocycles. The molecule has 4 rings (SSSR count). The first kappa shape index (κ1) is 23.1. The normalized spacial score (nSPS) is 20.7. The fourth-order valence-electron chi connectivity index (χ4n) is 4.61. The highest BCUT2D eigenvalue weighted by molar-refractivity contribution is 7.20. The van der Waals surface area contributed by atoms with E-state index >= 15 is 0 Å². The van der Waals surface area contributed by atoms with E-state index in [1.54, 1.807) is 0 Å². The highest BCUT2D eigenvalue weighted by atomic mass is 32.1. The van der Waals surface area contributed by atoms with Crippen LogP contribution in [0.4, 0.5) is 5.13 Å². The molecule has 2 saturated heterocycles. The average molecular weight is 462 g/mol. The Labute approximate surface area is 193 Å². The number of hydrogen-bond acceptors (Lipinski definition) is 8. The van der Waals surface area contributed by atoms with E-state index in [0.29, 0.717) is 17.2 Å². The number of nitrogens with zero attached hydrogens (tertiary/aromatic N) is 6. The molecule has 176 valence electrons. The maximum absolute atomic E-state index is 12.8. The first-order chi connectivity index (χ1) is 15.5. The molecule has 10 heteroatoms. The van der Waals surface area contributed by atoms with Crippen LogP contribution in [0.15, 0.2) is 10.9 Å². The Morgan fingerprint density at radius 3 is 2.69 bits per heavy atom. The van der Waals surface area contributed by atoms with Gasteiger partial charge in [0.25, 0.3) is 5.56 Å². The van der Waals surface area contributed by atoms with Crippen LogP contribution in [0, 0.1) is 12.8 Å². The number of nitrogens with one attached hydrogen (secondary N) is 1. The molecule has 0 saturated carbocycles. The van der Waals surface area contributed by atoms with Crippen molar-refractivity contribution in [2.24, 2.45) is 5.92 Å². The summed E-state index contributed by atoms with van der Waals surface area (Å²) in [7, 11) is 0. The van der Waals surface area contributed by atoms with E-state index in [4.69, 9.17) is 0 Å². The lowest BCUT2D eigenvalue weighted by Gasteiger charge is -2.34. The third-order valence-corrected chi connectivity index (χ3v) is 7.35. The Hall–Kier alpha value is -2.04. The number of carbonyl (C=O) groups excluding carboxylic acids is 1. The number of amides is 1. The molecule has 0 bridgehead atoms. The van der Waals surface area contributed by atoms with E-state index in [9.17, 15) is 9.59 Å². The van der Waals surface area contributed by atoms with Crippen molar-refractivity contribution in [2.45, 2.75) is 39.5 Å². The Balaban J connectivity index is 1.23. The molecule has 0 unspecified atom stereocenters. The molecule has 0 aliphatic carbocycles. The summed E-state index contributed by atoms with van der Waals surface area (Å²) >= 11 is 1.41. The smallest absolute Gasteiger partial charge is 0.275 e. The predicted octanol–water partition coefficient (Wildman–Crippen LogP) is 1.21. The van der Waals surface area contributed by atoms with Crippen LogP contribution in [0.5, 0.6) is 0 Å². The van der Waals surface area contributed by atoms with Crippen molar-refractivity contribution in [2.75, 3.05) is 63.8 Å². The highest BCUT2D eigenvalue weighted by Gasteiger charge is 2.28. The maximum atomic E-state index is 12.8. The zero-order valence-electron chi connectivity index (χ0n) is 19.3. The van der Waals surface area contributed by atoms with Gasteiger partial charge in [0.1, 0.15) is 0 Å². The average Bonchev–Trinajstić information content (AvgIpc) is 3.22. The SMILES string of the molecule is CCCN1CCN(CCCNC(=O)[C@H]2CCCN(c3nn4c(=O)cc(C)nc4s3)C2)CC1. The zero-order chi connectivity index (χ0) is 22.5. The fourth-order valence-corrected chi connectivity index (χ4v) is 5.60. The molecule has 2 fully saturated rings. The van der Waals surface area contributed by atoms with Gasteiger partial charge in [0.15, 0.2) is 0 Å². The number of hydrogen-bond donors (Lipinski definition) is 1. The van der Waals surface area contributed by atoms with Gasteiger partial charge >= 0.3 is 0 Å². The minimum Gasteiger partial charge on any atom is -0.356 e. The van der Waals surface area contributed by atoms with Crippen LogP contribution in [0.3, 0.4) is 0 Å². The van der Waals surface area contributed by atoms with Crippen molar-refractivity contribution in [3.05, 3.63) is 22.1 Å². The maximum Gasteiger partial charge on any atom is 0.275 e. The van der Waals surface area contributed by atoms with Gasteiger partial charge in [0.2, 0.25) is 16.0 Å². The molecule has 0 aromatic carbocycles. The fraction of sp³-hybridized carbons (Fsp3) is 0.727. The lowest BCUT2D eigenvalue weighted by atomic mass is 9.97. The minimum absolute atomic E-state index is 0.0419. The molecule has 0 radical (unpaired) electrons. The van der Waals surface area contributed by atoms with Crippen LogP contribution < -0.4 is 15.8 Å². The quantitative estimate of drug-likeness (QED) is 0.592. The van der Waals surface area contributed by atoms with Gasteiger partial charge in [-0.3, -0.25) is 9.59 Å². The van der Waals surface area contributed by atoms with Crippen LogP contribution in [-0.4, -0.2) is 89.2 Å². The van der Waals surface area contributed by atoms with Gasteiger partial charge in [-0.1, -0.05) is 18.3 Å². The van der Waals surface area contributed by atoms with E-state index in [1.807, 2.05) is 6.92 Å². The van der Waals surface area contributed by atoms with Gasteiger partial charge in [-0.15, -0.1) is 5.10 Å². The Bertz CT molecular complexity index is 967. The van der Waals surface area contributed by atoms with Crippen molar-refractivity contribution < 1.29 is 4.79 Å². The topological polar surface area (TPSA) is 86.1 Å². The van der Waals surface area contributed by atoms with Crippen LogP contribution in [0.1, 0.15) is 38.3 Å². The molecule has 1 amide bonds. The lowest BCUT2D eigenvalue weighted by molar-refractivity contribution is -0.125. The Morgan fingerprint density at radius 2 is 1.94 bits per heavy atom. The van der Waals surface area contributed by atoms with Crippen LogP contribution in [0.25, 0.3) is 4.96 Å². The minimum atomic E-state index is -0.159. The molecule has 4 heterocycles. The summed E-state index contributed by atoms with van der Waals surface area (Å²) in [6, 6.07) is 1.49. The van der Waals surface area contributed by atoms with Crippen molar-refractivity contribution in [1.29, 1.82) is 0 Å². The number of rotatable bonds is 8. The molecule has 0 spiro atoms. The van der Waals surface area contributed by atoms with Gasteiger partial charge in [0, 0.05) is 57.6 Å². The van der Waals surface area contributed by atoms with Crippen molar-refractivity contribution in [3.63, 3.8) is 0 Å². The van der Waals surface area contributed by atoms with Crippen LogP contribution in [0.2, 0.25) is 0 Å². The van der Waals surface area contributed by atoms with Crippen molar-refractivity contribution >= 4 is 27.3 Å². The number of piperazine rings is 1. The largest absolute Gasteiger partial charge is 0.356 e. The molecule has 32 heavy (non-hydrogen) atoms. The summed E-state index contributed by atoms with van der Waals surface area (Å²) in [5.74, 6) is 0.0921. The monoisotopic (exact) mass is 461 g/mol. The van der Waals surface area contributed by atoms with Crippen LogP contribution >= 0.6 is 11.3 Å². The predicted molar refractivity (Wildman–Crippen MR) is 128 cm³/mol. The van der Waals surface area contributed by atoms with Gasteiger partial charge in [-0.2, -0.15) is 4.52 Å². The molecule has 2 aromatic heterocycles. The van der Waals surface area contributed by atoms with E-state index in [0.717, 1.165) is 70.2 Å². The number of fused-ring (bicyclic) bond motifs is 1. The Morgan fingerprint density at radius 1 is 1.19 bits per heavy atom. The molecular weight excluding hydrogens is 426 g/mol. The third kappa shape index (κ3) is 5.65. The summed E-state index contributed by atoms with van der Waals surface area (Å²) in [6.45, 7) is 13.1. The Kier molecular flexibility index (Phi) is 7.75. The van der Waals surface area contributed by atoms with Gasteiger partial charge in [0.05, 0.1) is 5.92 Å². The van der Waals surface area contributed by atoms with Gasteiger partial charge in [-0.05, 0) is 45.7 Å². The number of anilines is 1. The van der Waals surface area contributed by atoms with E-state index in [1.165, 1.54) is 34.9 Å². The van der Waals surface area contributed by atoms with Crippen molar-refractivity contribution in [1.82, 2.24) is 29.7 Å². The second kappa shape index (κ2) is 10.7. The first-order valence-corrected chi connectivity index (χ1v) is 12.7. The van der Waals surface area contributed by atoms with Gasteiger partial charge in [-0.25, -0.2) is 4.98 Å². The van der Waals surface area contributed by atoms with E-state index < -0.39 is 0 Å². The second-order valence-electron chi connectivity index (χ2n) is 8.93. The standard InChI is InChI=1S/C22H35N7O2S/c1-3-8-26-11-13-27(14-12-26)9-5-7-23-20(31)18-6-4-10-28(16-18)22-25-29-19(30)15-17(2)24-21(29)32-22/h15,18H,3-14,16H2,1-2H3,(H,23,31)/t18-/m0/s1. The summed E-state index contributed by atoms with van der Waals surface area (Å²) in [6.07, 6.45) is 4.04. The van der Waals surface area contributed by atoms with Gasteiger partial charge < -0.3 is 20.0 Å². The summed E-state index contributed by atoms with van der Waals surface area (Å²) in [5, 5.41) is 8.37. The first-order valence-electron chi connectivity index (χ1n) is 11.9. The van der Waals surface area contributed by atoms with E-state index in [-0.39, 0.29) is 17.4 Å². The number of aromatic nitrogens is 3. The van der Waals surface area contributed by atoms with Crippen molar-refractivity contribution in [3.8, 4) is 0 Å². The molecule has 1 N–H and O–H groups in total. The summed E-state index contributed by atoms with van der Waals surface area (Å²) < 4.78 is 1.36. The highest BCUT2D eigenvalue weighted by Crippen LogP contribution is 2.27. The third-order valence-electron chi connectivity index (χ3n) is 6.38.